The number of amides is 1. The molecular formula is C16H29NO4. The lowest BCUT2D eigenvalue weighted by Gasteiger charge is -2.21. The van der Waals surface area contributed by atoms with E-state index in [1.165, 1.54) is 12.2 Å². The molecule has 122 valence electrons. The molecule has 0 fully saturated rings. The molecule has 0 spiro atoms. The molecule has 0 aliphatic carbocycles. The van der Waals surface area contributed by atoms with Crippen LogP contribution >= 0.6 is 0 Å². The third-order valence-electron chi connectivity index (χ3n) is 3.68. The number of nitrogens with zero attached hydrogens (tertiary/aromatic N) is 1. The predicted molar refractivity (Wildman–Crippen MR) is 84.5 cm³/mol. The summed E-state index contributed by atoms with van der Waals surface area (Å²) >= 11 is 0. The number of carbonyl (C=O) groups is 2. The maximum Gasteiger partial charge on any atom is 0.306 e. The summed E-state index contributed by atoms with van der Waals surface area (Å²) in [4.78, 5) is 26.5. The standard InChI is InChI=1S/C9H17NO2.C7H12O2/c1-6-7(2)8(3)9(11)10(4)12-5;1-4-5(2)6(3)7(8)9/h6-8H,1H2,2-5H3;4-6H,1H2,2-3H3,(H,8,9)/t7-,8+;5-,6+/m00/s1. The van der Waals surface area contributed by atoms with Gasteiger partial charge in [-0.1, -0.05) is 39.8 Å². The Labute approximate surface area is 128 Å². The van der Waals surface area contributed by atoms with Crippen LogP contribution in [0.25, 0.3) is 0 Å². The first-order valence-electron chi connectivity index (χ1n) is 6.93. The number of allylic oxidation sites excluding steroid dienone is 2. The Bertz CT molecular complexity index is 354. The van der Waals surface area contributed by atoms with Crippen molar-refractivity contribution in [3.05, 3.63) is 25.3 Å². The summed E-state index contributed by atoms with van der Waals surface area (Å²) in [5.74, 6) is -0.945. The molecule has 1 amide bonds. The fourth-order valence-corrected chi connectivity index (χ4v) is 1.23. The molecule has 0 saturated heterocycles. The van der Waals surface area contributed by atoms with Crippen molar-refractivity contribution in [3.8, 4) is 0 Å². The predicted octanol–water partition coefficient (Wildman–Crippen LogP) is 2.99. The van der Waals surface area contributed by atoms with Gasteiger partial charge in [0.15, 0.2) is 0 Å². The monoisotopic (exact) mass is 299 g/mol. The molecule has 21 heavy (non-hydrogen) atoms. The first-order valence-corrected chi connectivity index (χ1v) is 6.93. The van der Waals surface area contributed by atoms with Gasteiger partial charge in [0.2, 0.25) is 5.91 Å². The molecule has 0 unspecified atom stereocenters. The number of hydrogen-bond donors (Lipinski definition) is 1. The number of carboxylic acid groups (broad SMARTS) is 1. The maximum absolute atomic E-state index is 11.4. The number of hydrogen-bond acceptors (Lipinski definition) is 3. The van der Waals surface area contributed by atoms with Crippen molar-refractivity contribution in [2.75, 3.05) is 14.2 Å². The maximum atomic E-state index is 11.4. The summed E-state index contributed by atoms with van der Waals surface area (Å²) in [5.41, 5.74) is 0. The van der Waals surface area contributed by atoms with E-state index in [2.05, 4.69) is 13.2 Å². The van der Waals surface area contributed by atoms with E-state index >= 15 is 0 Å². The zero-order valence-corrected chi connectivity index (χ0v) is 14.0. The second-order valence-corrected chi connectivity index (χ2v) is 5.12. The molecule has 5 heteroatoms. The van der Waals surface area contributed by atoms with Crippen LogP contribution in [-0.4, -0.2) is 36.2 Å². The zero-order chi connectivity index (χ0) is 17.2. The topological polar surface area (TPSA) is 66.8 Å². The minimum absolute atomic E-state index is 0.0232. The summed E-state index contributed by atoms with van der Waals surface area (Å²) in [6.45, 7) is 14.5. The summed E-state index contributed by atoms with van der Waals surface area (Å²) in [5, 5.41) is 9.68. The Morgan fingerprint density at radius 2 is 1.43 bits per heavy atom. The van der Waals surface area contributed by atoms with Crippen molar-refractivity contribution in [1.82, 2.24) is 5.06 Å². The summed E-state index contributed by atoms with van der Waals surface area (Å²) in [6, 6.07) is 0. The van der Waals surface area contributed by atoms with Gasteiger partial charge in [0, 0.05) is 13.0 Å². The highest BCUT2D eigenvalue weighted by atomic mass is 16.7. The Kier molecular flexibility index (Phi) is 11.4. The quantitative estimate of drug-likeness (QED) is 0.579. The van der Waals surface area contributed by atoms with Crippen LogP contribution in [0.5, 0.6) is 0 Å². The molecule has 0 aliphatic rings. The largest absolute Gasteiger partial charge is 0.481 e. The number of carboxylic acids is 1. The Morgan fingerprint density at radius 1 is 1.05 bits per heavy atom. The highest BCUT2D eigenvalue weighted by Gasteiger charge is 2.21. The Morgan fingerprint density at radius 3 is 1.67 bits per heavy atom. The summed E-state index contributed by atoms with van der Waals surface area (Å²) < 4.78 is 0. The minimum Gasteiger partial charge on any atom is -0.481 e. The zero-order valence-electron chi connectivity index (χ0n) is 14.0. The van der Waals surface area contributed by atoms with Crippen LogP contribution in [0.2, 0.25) is 0 Å². The van der Waals surface area contributed by atoms with Gasteiger partial charge in [-0.3, -0.25) is 14.4 Å². The van der Waals surface area contributed by atoms with Crippen molar-refractivity contribution in [3.63, 3.8) is 0 Å². The average molecular weight is 299 g/mol. The van der Waals surface area contributed by atoms with Gasteiger partial charge in [0.05, 0.1) is 13.0 Å². The molecule has 0 saturated carbocycles. The lowest BCUT2D eigenvalue weighted by Crippen LogP contribution is -2.33. The van der Waals surface area contributed by atoms with Gasteiger partial charge in [0.25, 0.3) is 0 Å². The molecule has 0 aromatic carbocycles. The third kappa shape index (κ3) is 8.30. The SMILES string of the molecule is C=C[C@H](C)[C@@H](C)C(=O)N(C)OC.C=C[C@H](C)[C@@H](C)C(=O)O. The summed E-state index contributed by atoms with van der Waals surface area (Å²) in [6.07, 6.45) is 3.42. The van der Waals surface area contributed by atoms with Crippen LogP contribution in [0.3, 0.4) is 0 Å². The van der Waals surface area contributed by atoms with E-state index in [0.29, 0.717) is 0 Å². The van der Waals surface area contributed by atoms with Crippen LogP contribution in [0, 0.1) is 23.7 Å². The highest BCUT2D eigenvalue weighted by Crippen LogP contribution is 2.14. The molecule has 0 rings (SSSR count). The van der Waals surface area contributed by atoms with Crippen LogP contribution in [0.1, 0.15) is 27.7 Å². The van der Waals surface area contributed by atoms with E-state index in [0.717, 1.165) is 0 Å². The van der Waals surface area contributed by atoms with Crippen LogP contribution in [0.4, 0.5) is 0 Å². The first kappa shape index (κ1) is 21.7. The van der Waals surface area contributed by atoms with Gasteiger partial charge in [-0.15, -0.1) is 13.2 Å². The number of carbonyl (C=O) groups excluding carboxylic acids is 1. The van der Waals surface area contributed by atoms with Crippen LogP contribution in [0.15, 0.2) is 25.3 Å². The van der Waals surface area contributed by atoms with E-state index in [9.17, 15) is 9.59 Å². The second kappa shape index (κ2) is 11.1. The van der Waals surface area contributed by atoms with Gasteiger partial charge in [-0.25, -0.2) is 5.06 Å². The molecule has 0 radical (unpaired) electrons. The molecule has 0 heterocycles. The minimum atomic E-state index is -0.762. The summed E-state index contributed by atoms with van der Waals surface area (Å²) in [7, 11) is 3.08. The third-order valence-corrected chi connectivity index (χ3v) is 3.68. The van der Waals surface area contributed by atoms with Gasteiger partial charge in [0.1, 0.15) is 0 Å². The number of hydroxylamine groups is 2. The van der Waals surface area contributed by atoms with Gasteiger partial charge < -0.3 is 5.11 Å². The second-order valence-electron chi connectivity index (χ2n) is 5.12. The van der Waals surface area contributed by atoms with Crippen molar-refractivity contribution < 1.29 is 19.5 Å². The van der Waals surface area contributed by atoms with Gasteiger partial charge >= 0.3 is 5.97 Å². The average Bonchev–Trinajstić information content (AvgIpc) is 2.50. The fraction of sp³-hybridized carbons (Fsp3) is 0.625. The van der Waals surface area contributed by atoms with E-state index in [1.807, 2.05) is 20.8 Å². The van der Waals surface area contributed by atoms with Gasteiger partial charge in [-0.05, 0) is 11.8 Å². The van der Waals surface area contributed by atoms with Crippen molar-refractivity contribution in [1.29, 1.82) is 0 Å². The number of aliphatic carboxylic acids is 1. The van der Waals surface area contributed by atoms with E-state index < -0.39 is 5.97 Å². The molecule has 0 aromatic heterocycles. The molecule has 0 aliphatic heterocycles. The van der Waals surface area contributed by atoms with Crippen molar-refractivity contribution in [2.45, 2.75) is 27.7 Å². The van der Waals surface area contributed by atoms with Gasteiger partial charge in [-0.2, -0.15) is 0 Å². The van der Waals surface area contributed by atoms with E-state index in [1.54, 1.807) is 26.1 Å². The molecule has 4 atom stereocenters. The molecule has 0 aromatic rings. The fourth-order valence-electron chi connectivity index (χ4n) is 1.23. The van der Waals surface area contributed by atoms with E-state index in [4.69, 9.17) is 9.94 Å². The Hall–Kier alpha value is -1.62. The molecule has 0 bridgehead atoms. The number of rotatable bonds is 7. The van der Waals surface area contributed by atoms with Crippen LogP contribution in [-0.2, 0) is 14.4 Å². The smallest absolute Gasteiger partial charge is 0.306 e. The van der Waals surface area contributed by atoms with Crippen molar-refractivity contribution >= 4 is 11.9 Å². The first-order chi connectivity index (χ1) is 9.63. The lowest BCUT2D eigenvalue weighted by atomic mass is 9.95. The van der Waals surface area contributed by atoms with E-state index in [-0.39, 0.29) is 29.6 Å². The Balaban J connectivity index is 0. The van der Waals surface area contributed by atoms with Crippen LogP contribution < -0.4 is 0 Å². The molecule has 1 N–H and O–H groups in total. The normalized spacial score (nSPS) is 15.5. The molecule has 5 nitrogen and oxygen atoms in total. The lowest BCUT2D eigenvalue weighted by molar-refractivity contribution is -0.173. The van der Waals surface area contributed by atoms with Crippen molar-refractivity contribution in [2.24, 2.45) is 23.7 Å². The molecular weight excluding hydrogens is 270 g/mol. The highest BCUT2D eigenvalue weighted by molar-refractivity contribution is 5.77.